The van der Waals surface area contributed by atoms with Crippen LogP contribution in [-0.4, -0.2) is 24.1 Å². The lowest BCUT2D eigenvalue weighted by atomic mass is 10.1. The van der Waals surface area contributed by atoms with Gasteiger partial charge in [0.25, 0.3) is 5.91 Å². The highest BCUT2D eigenvalue weighted by atomic mass is 35.5. The Morgan fingerprint density at radius 1 is 1.19 bits per heavy atom. The first-order valence-corrected chi connectivity index (χ1v) is 6.37. The van der Waals surface area contributed by atoms with Gasteiger partial charge in [-0.15, -0.1) is 0 Å². The van der Waals surface area contributed by atoms with E-state index in [2.05, 4.69) is 5.32 Å². The summed E-state index contributed by atoms with van der Waals surface area (Å²) in [5, 5.41) is 11.6. The lowest BCUT2D eigenvalue weighted by molar-refractivity contribution is 0.0697. The summed E-state index contributed by atoms with van der Waals surface area (Å²) >= 11 is 5.85. The minimum atomic E-state index is -1.12. The van der Waals surface area contributed by atoms with E-state index in [1.807, 2.05) is 0 Å². The van der Waals surface area contributed by atoms with E-state index in [9.17, 15) is 9.59 Å². The Morgan fingerprint density at radius 3 is 2.57 bits per heavy atom. The summed E-state index contributed by atoms with van der Waals surface area (Å²) in [6.45, 7) is 0. The predicted molar refractivity (Wildman–Crippen MR) is 79.4 cm³/mol. The standard InChI is InChI=1S/C15H12ClNO4/c1-21-11-4-2-3-9(7-11)14(18)17-10-5-6-12(15(19)20)13(16)8-10/h2-8H,1H3,(H,17,18)(H,19,20). The fraction of sp³-hybridized carbons (Fsp3) is 0.0667. The van der Waals surface area contributed by atoms with Crippen LogP contribution in [0.1, 0.15) is 20.7 Å². The highest BCUT2D eigenvalue weighted by Gasteiger charge is 2.11. The Bertz CT molecular complexity index is 700. The summed E-state index contributed by atoms with van der Waals surface area (Å²) in [7, 11) is 1.52. The van der Waals surface area contributed by atoms with Gasteiger partial charge in [-0.1, -0.05) is 17.7 Å². The van der Waals surface area contributed by atoms with Crippen LogP contribution in [-0.2, 0) is 0 Å². The van der Waals surface area contributed by atoms with Crippen LogP contribution in [0, 0.1) is 0 Å². The average molecular weight is 306 g/mol. The number of halogens is 1. The van der Waals surface area contributed by atoms with Crippen LogP contribution in [0.5, 0.6) is 5.75 Å². The molecule has 1 amide bonds. The van der Waals surface area contributed by atoms with E-state index in [1.165, 1.54) is 25.3 Å². The molecule has 0 spiro atoms. The highest BCUT2D eigenvalue weighted by molar-refractivity contribution is 6.33. The van der Waals surface area contributed by atoms with E-state index in [1.54, 1.807) is 24.3 Å². The molecule has 0 aliphatic rings. The van der Waals surface area contributed by atoms with Crippen LogP contribution >= 0.6 is 11.6 Å². The van der Waals surface area contributed by atoms with Gasteiger partial charge in [-0.2, -0.15) is 0 Å². The molecule has 2 aromatic carbocycles. The fourth-order valence-corrected chi connectivity index (χ4v) is 2.00. The zero-order chi connectivity index (χ0) is 15.4. The topological polar surface area (TPSA) is 75.6 Å². The number of benzene rings is 2. The predicted octanol–water partition coefficient (Wildman–Crippen LogP) is 3.30. The normalized spacial score (nSPS) is 10.0. The number of carboxylic acids is 1. The molecule has 0 fully saturated rings. The molecule has 108 valence electrons. The monoisotopic (exact) mass is 305 g/mol. The number of carbonyl (C=O) groups excluding carboxylic acids is 1. The molecule has 0 aliphatic heterocycles. The number of amides is 1. The molecule has 2 N–H and O–H groups in total. The summed E-state index contributed by atoms with van der Waals surface area (Å²) in [5.41, 5.74) is 0.821. The fourth-order valence-electron chi connectivity index (χ4n) is 1.73. The average Bonchev–Trinajstić information content (AvgIpc) is 2.47. The van der Waals surface area contributed by atoms with Crippen LogP contribution in [0.3, 0.4) is 0 Å². The molecule has 5 nitrogen and oxygen atoms in total. The van der Waals surface area contributed by atoms with Gasteiger partial charge in [0.15, 0.2) is 0 Å². The van der Waals surface area contributed by atoms with Crippen molar-refractivity contribution in [1.82, 2.24) is 0 Å². The third-order valence-corrected chi connectivity index (χ3v) is 3.10. The first-order valence-electron chi connectivity index (χ1n) is 5.99. The summed E-state index contributed by atoms with van der Waals surface area (Å²) in [6, 6.07) is 10.9. The summed E-state index contributed by atoms with van der Waals surface area (Å²) < 4.78 is 5.05. The van der Waals surface area contributed by atoms with Crippen molar-refractivity contribution in [3.8, 4) is 5.75 Å². The molecule has 0 aliphatic carbocycles. The molecule has 0 atom stereocenters. The number of rotatable bonds is 4. The molecule has 21 heavy (non-hydrogen) atoms. The van der Waals surface area contributed by atoms with Crippen molar-refractivity contribution in [2.75, 3.05) is 12.4 Å². The Morgan fingerprint density at radius 2 is 1.95 bits per heavy atom. The largest absolute Gasteiger partial charge is 0.497 e. The van der Waals surface area contributed by atoms with Crippen LogP contribution in [0.4, 0.5) is 5.69 Å². The van der Waals surface area contributed by atoms with E-state index in [4.69, 9.17) is 21.4 Å². The van der Waals surface area contributed by atoms with Crippen molar-refractivity contribution < 1.29 is 19.4 Å². The van der Waals surface area contributed by atoms with Gasteiger partial charge in [0.2, 0.25) is 0 Å². The van der Waals surface area contributed by atoms with Crippen molar-refractivity contribution in [3.05, 3.63) is 58.6 Å². The number of carbonyl (C=O) groups is 2. The maximum absolute atomic E-state index is 12.1. The Labute approximate surface area is 126 Å². The highest BCUT2D eigenvalue weighted by Crippen LogP contribution is 2.22. The first kappa shape index (κ1) is 14.9. The minimum absolute atomic E-state index is 0.0176. The molecule has 2 rings (SSSR count). The molecule has 0 aromatic heterocycles. The number of aromatic carboxylic acids is 1. The number of hydrogen-bond acceptors (Lipinski definition) is 3. The van der Waals surface area contributed by atoms with E-state index < -0.39 is 5.97 Å². The minimum Gasteiger partial charge on any atom is -0.497 e. The maximum atomic E-state index is 12.1. The Kier molecular flexibility index (Phi) is 4.45. The number of hydrogen-bond donors (Lipinski definition) is 2. The lowest BCUT2D eigenvalue weighted by Gasteiger charge is -2.08. The van der Waals surface area contributed by atoms with Crippen LogP contribution in [0.15, 0.2) is 42.5 Å². The Balaban J connectivity index is 2.19. The van der Waals surface area contributed by atoms with Gasteiger partial charge in [0.1, 0.15) is 5.75 Å². The summed E-state index contributed by atoms with van der Waals surface area (Å²) in [5.74, 6) is -0.888. The van der Waals surface area contributed by atoms with Crippen LogP contribution in [0.25, 0.3) is 0 Å². The van der Waals surface area contributed by atoms with E-state index in [0.717, 1.165) is 0 Å². The van der Waals surface area contributed by atoms with Crippen molar-refractivity contribution in [2.24, 2.45) is 0 Å². The zero-order valence-electron chi connectivity index (χ0n) is 11.1. The smallest absolute Gasteiger partial charge is 0.337 e. The van der Waals surface area contributed by atoms with Gasteiger partial charge in [-0.05, 0) is 36.4 Å². The molecule has 0 unspecified atom stereocenters. The molecular formula is C15H12ClNO4. The first-order chi connectivity index (χ1) is 10.0. The number of ether oxygens (including phenoxy) is 1. The second-order valence-corrected chi connectivity index (χ2v) is 4.59. The second kappa shape index (κ2) is 6.28. The summed E-state index contributed by atoms with van der Waals surface area (Å²) in [4.78, 5) is 22.9. The van der Waals surface area contributed by atoms with E-state index >= 15 is 0 Å². The van der Waals surface area contributed by atoms with Crippen molar-refractivity contribution in [1.29, 1.82) is 0 Å². The molecule has 0 heterocycles. The number of methoxy groups -OCH3 is 1. The molecule has 0 saturated heterocycles. The van der Waals surface area contributed by atoms with Gasteiger partial charge < -0.3 is 15.2 Å². The van der Waals surface area contributed by atoms with Crippen LogP contribution in [0.2, 0.25) is 5.02 Å². The lowest BCUT2D eigenvalue weighted by Crippen LogP contribution is -2.12. The van der Waals surface area contributed by atoms with Crippen molar-refractivity contribution in [2.45, 2.75) is 0 Å². The number of anilines is 1. The zero-order valence-corrected chi connectivity index (χ0v) is 11.8. The number of carboxylic acid groups (broad SMARTS) is 1. The van der Waals surface area contributed by atoms with E-state index in [-0.39, 0.29) is 16.5 Å². The molecule has 6 heteroatoms. The van der Waals surface area contributed by atoms with Gasteiger partial charge in [-0.3, -0.25) is 4.79 Å². The molecular weight excluding hydrogens is 294 g/mol. The second-order valence-electron chi connectivity index (χ2n) is 4.19. The quantitative estimate of drug-likeness (QED) is 0.908. The molecule has 0 saturated carbocycles. The van der Waals surface area contributed by atoms with Gasteiger partial charge in [0, 0.05) is 11.3 Å². The van der Waals surface area contributed by atoms with Crippen molar-refractivity contribution >= 4 is 29.2 Å². The third kappa shape index (κ3) is 3.52. The van der Waals surface area contributed by atoms with Gasteiger partial charge in [-0.25, -0.2) is 4.79 Å². The Hall–Kier alpha value is -2.53. The SMILES string of the molecule is COc1cccc(C(=O)Nc2ccc(C(=O)O)c(Cl)c2)c1. The third-order valence-electron chi connectivity index (χ3n) is 2.79. The van der Waals surface area contributed by atoms with Gasteiger partial charge >= 0.3 is 5.97 Å². The number of nitrogens with one attached hydrogen (secondary N) is 1. The molecule has 2 aromatic rings. The van der Waals surface area contributed by atoms with Gasteiger partial charge in [0.05, 0.1) is 17.7 Å². The molecule has 0 radical (unpaired) electrons. The van der Waals surface area contributed by atoms with E-state index in [0.29, 0.717) is 17.0 Å². The van der Waals surface area contributed by atoms with Crippen molar-refractivity contribution in [3.63, 3.8) is 0 Å². The molecule has 0 bridgehead atoms. The van der Waals surface area contributed by atoms with Crippen LogP contribution < -0.4 is 10.1 Å². The maximum Gasteiger partial charge on any atom is 0.337 e. The summed E-state index contributed by atoms with van der Waals surface area (Å²) in [6.07, 6.45) is 0.